The molecule has 2 nitrogen and oxygen atoms in total. The van der Waals surface area contributed by atoms with E-state index in [1.54, 1.807) is 0 Å². The van der Waals surface area contributed by atoms with Crippen LogP contribution in [0.25, 0.3) is 0 Å². The van der Waals surface area contributed by atoms with E-state index in [1.165, 1.54) is 24.3 Å². The topological polar surface area (TPSA) is 34.1 Å². The number of hydrogen-bond acceptors (Lipinski definition) is 3. The number of rotatable bonds is 4. The summed E-state index contributed by atoms with van der Waals surface area (Å²) >= 11 is 3.99. The number of benzene rings is 1. The lowest BCUT2D eigenvalue weighted by Gasteiger charge is -2.04. The van der Waals surface area contributed by atoms with Gasteiger partial charge in [0, 0.05) is 23.3 Å². The third-order valence-corrected chi connectivity index (χ3v) is 2.54. The van der Waals surface area contributed by atoms with Crippen molar-refractivity contribution in [3.63, 3.8) is 0 Å². The minimum absolute atomic E-state index is 0.0577. The Morgan fingerprint density at radius 1 is 1.15 bits per heavy atom. The molecule has 0 fully saturated rings. The summed E-state index contributed by atoms with van der Waals surface area (Å²) in [6, 6.07) is 5.76. The van der Waals surface area contributed by atoms with Crippen molar-refractivity contribution >= 4 is 24.2 Å². The monoisotopic (exact) mass is 300 g/mol. The predicted octanol–water partition coefficient (Wildman–Crippen LogP) is 3.06. The SMILES string of the molecule is O=C(CC(=O)C(F)(F)F)c1ccc(C#CCCS)cc1. The molecule has 1 aromatic carbocycles. The van der Waals surface area contributed by atoms with Gasteiger partial charge in [-0.3, -0.25) is 9.59 Å². The highest BCUT2D eigenvalue weighted by atomic mass is 32.1. The maximum Gasteiger partial charge on any atom is 0.450 e. The molecule has 0 unspecified atom stereocenters. The Bertz CT molecular complexity index is 551. The lowest BCUT2D eigenvalue weighted by atomic mass is 10.0. The molecule has 1 rings (SSSR count). The van der Waals surface area contributed by atoms with Crippen molar-refractivity contribution in [3.05, 3.63) is 35.4 Å². The number of thiol groups is 1. The molecule has 106 valence electrons. The molecular weight excluding hydrogens is 289 g/mol. The summed E-state index contributed by atoms with van der Waals surface area (Å²) in [5.74, 6) is 3.39. The van der Waals surface area contributed by atoms with Crippen LogP contribution in [0.1, 0.15) is 28.8 Å². The van der Waals surface area contributed by atoms with Crippen LogP contribution in [0.4, 0.5) is 13.2 Å². The van der Waals surface area contributed by atoms with Crippen LogP contribution in [0.2, 0.25) is 0 Å². The van der Waals surface area contributed by atoms with Crippen molar-refractivity contribution in [1.29, 1.82) is 0 Å². The number of halogens is 3. The highest BCUT2D eigenvalue weighted by Gasteiger charge is 2.39. The predicted molar refractivity (Wildman–Crippen MR) is 71.8 cm³/mol. The van der Waals surface area contributed by atoms with Crippen LogP contribution in [-0.2, 0) is 4.79 Å². The molecule has 6 heteroatoms. The van der Waals surface area contributed by atoms with Gasteiger partial charge in [0.05, 0.1) is 6.42 Å². The lowest BCUT2D eigenvalue weighted by molar-refractivity contribution is -0.170. The van der Waals surface area contributed by atoms with Crippen molar-refractivity contribution in [2.75, 3.05) is 5.75 Å². The van der Waals surface area contributed by atoms with Gasteiger partial charge in [-0.15, -0.1) is 0 Å². The Hall–Kier alpha value is -1.74. The first-order valence-electron chi connectivity index (χ1n) is 5.67. The molecule has 0 N–H and O–H groups in total. The average Bonchev–Trinajstić information content (AvgIpc) is 2.38. The minimum Gasteiger partial charge on any atom is -0.294 e. The van der Waals surface area contributed by atoms with Crippen LogP contribution in [0.5, 0.6) is 0 Å². The standard InChI is InChI=1S/C14H11F3O2S/c15-14(16,17)13(19)9-12(18)11-6-4-10(5-7-11)3-1-2-8-20/h4-7,20H,2,8-9H2. The first-order chi connectivity index (χ1) is 9.34. The summed E-state index contributed by atoms with van der Waals surface area (Å²) in [5.41, 5.74) is 0.702. The Morgan fingerprint density at radius 2 is 1.75 bits per heavy atom. The Labute approximate surface area is 119 Å². The Kier molecular flexibility index (Phi) is 5.83. The van der Waals surface area contributed by atoms with Crippen LogP contribution >= 0.6 is 12.6 Å². The van der Waals surface area contributed by atoms with Crippen molar-refractivity contribution in [3.8, 4) is 11.8 Å². The molecule has 0 aliphatic heterocycles. The molecule has 0 heterocycles. The number of alkyl halides is 3. The van der Waals surface area contributed by atoms with Crippen LogP contribution in [-0.4, -0.2) is 23.5 Å². The maximum atomic E-state index is 12.0. The minimum atomic E-state index is -4.98. The fraction of sp³-hybridized carbons (Fsp3) is 0.286. The smallest absolute Gasteiger partial charge is 0.294 e. The molecule has 0 atom stereocenters. The zero-order valence-corrected chi connectivity index (χ0v) is 11.2. The fourth-order valence-corrected chi connectivity index (χ4v) is 1.42. The highest BCUT2D eigenvalue weighted by Crippen LogP contribution is 2.19. The van der Waals surface area contributed by atoms with Gasteiger partial charge in [0.1, 0.15) is 0 Å². The zero-order valence-electron chi connectivity index (χ0n) is 10.3. The van der Waals surface area contributed by atoms with Gasteiger partial charge in [0.25, 0.3) is 0 Å². The molecule has 0 aliphatic carbocycles. The van der Waals surface area contributed by atoms with Crippen molar-refractivity contribution in [1.82, 2.24) is 0 Å². The normalized spacial score (nSPS) is 10.6. The van der Waals surface area contributed by atoms with Gasteiger partial charge in [-0.25, -0.2) is 0 Å². The second-order valence-corrected chi connectivity index (χ2v) is 4.32. The second-order valence-electron chi connectivity index (χ2n) is 3.87. The van der Waals surface area contributed by atoms with Crippen LogP contribution in [0, 0.1) is 11.8 Å². The van der Waals surface area contributed by atoms with E-state index in [2.05, 4.69) is 24.5 Å². The molecule has 0 saturated heterocycles. The molecule has 20 heavy (non-hydrogen) atoms. The van der Waals surface area contributed by atoms with Gasteiger partial charge < -0.3 is 0 Å². The van der Waals surface area contributed by atoms with Crippen molar-refractivity contribution in [2.45, 2.75) is 19.0 Å². The number of ketones is 2. The summed E-state index contributed by atoms with van der Waals surface area (Å²) in [6.45, 7) is 0. The van der Waals surface area contributed by atoms with E-state index in [1.807, 2.05) is 0 Å². The Balaban J connectivity index is 2.72. The van der Waals surface area contributed by atoms with Crippen LogP contribution in [0.3, 0.4) is 0 Å². The van der Waals surface area contributed by atoms with Gasteiger partial charge in [-0.2, -0.15) is 25.8 Å². The van der Waals surface area contributed by atoms with E-state index in [4.69, 9.17) is 0 Å². The van der Waals surface area contributed by atoms with Gasteiger partial charge >= 0.3 is 6.18 Å². The largest absolute Gasteiger partial charge is 0.450 e. The van der Waals surface area contributed by atoms with Crippen molar-refractivity contribution < 1.29 is 22.8 Å². The second kappa shape index (κ2) is 7.15. The van der Waals surface area contributed by atoms with Crippen LogP contribution in [0.15, 0.2) is 24.3 Å². The molecule has 1 aromatic rings. The first kappa shape index (κ1) is 16.3. The van der Waals surface area contributed by atoms with E-state index in [9.17, 15) is 22.8 Å². The summed E-state index contributed by atoms with van der Waals surface area (Å²) in [5, 5.41) is 0. The third kappa shape index (κ3) is 5.10. The van der Waals surface area contributed by atoms with Gasteiger partial charge in [0.2, 0.25) is 5.78 Å². The molecular formula is C14H11F3O2S. The summed E-state index contributed by atoms with van der Waals surface area (Å²) in [7, 11) is 0. The maximum absolute atomic E-state index is 12.0. The third-order valence-electron chi connectivity index (χ3n) is 2.31. The quantitative estimate of drug-likeness (QED) is 0.401. The van der Waals surface area contributed by atoms with Crippen molar-refractivity contribution in [2.24, 2.45) is 0 Å². The molecule has 0 amide bonds. The fourth-order valence-electron chi connectivity index (χ4n) is 1.31. The number of carbonyl (C=O) groups is 2. The van der Waals surface area contributed by atoms with Crippen LogP contribution < -0.4 is 0 Å². The lowest BCUT2D eigenvalue weighted by Crippen LogP contribution is -2.25. The molecule has 0 radical (unpaired) electrons. The highest BCUT2D eigenvalue weighted by molar-refractivity contribution is 7.80. The summed E-state index contributed by atoms with van der Waals surface area (Å²) in [6.07, 6.45) is -5.54. The van der Waals surface area contributed by atoms with Gasteiger partial charge in [-0.05, 0) is 12.1 Å². The molecule has 0 bridgehead atoms. The van der Waals surface area contributed by atoms with E-state index >= 15 is 0 Å². The van der Waals surface area contributed by atoms with Gasteiger partial charge in [-0.1, -0.05) is 24.0 Å². The molecule has 0 saturated carbocycles. The van der Waals surface area contributed by atoms with E-state index in [0.29, 0.717) is 17.7 Å². The molecule has 0 aliphatic rings. The summed E-state index contributed by atoms with van der Waals surface area (Å²) < 4.78 is 36.1. The number of carbonyl (C=O) groups excluding carboxylic acids is 2. The van der Waals surface area contributed by atoms with E-state index in [-0.39, 0.29) is 5.56 Å². The van der Waals surface area contributed by atoms with E-state index < -0.39 is 24.2 Å². The Morgan fingerprint density at radius 3 is 2.25 bits per heavy atom. The van der Waals surface area contributed by atoms with Gasteiger partial charge in [0.15, 0.2) is 5.78 Å². The number of hydrogen-bond donors (Lipinski definition) is 1. The summed E-state index contributed by atoms with van der Waals surface area (Å²) in [4.78, 5) is 22.2. The molecule has 0 spiro atoms. The average molecular weight is 300 g/mol. The molecule has 0 aromatic heterocycles. The first-order valence-corrected chi connectivity index (χ1v) is 6.31. The van der Waals surface area contributed by atoms with E-state index in [0.717, 1.165) is 0 Å². The zero-order chi connectivity index (χ0) is 15.2. The number of Topliss-reactive ketones (excluding diaryl/α,β-unsaturated/α-hetero) is 2.